The molecule has 0 aliphatic carbocycles. The van der Waals surface area contributed by atoms with Gasteiger partial charge >= 0.3 is 0 Å². The molecule has 0 heterocycles. The Kier molecular flexibility index (Phi) is 5.09. The Morgan fingerprint density at radius 3 is 2.80 bits per heavy atom. The van der Waals surface area contributed by atoms with Crippen LogP contribution in [0.3, 0.4) is 0 Å². The minimum absolute atomic E-state index is 0.231. The third-order valence-corrected chi connectivity index (χ3v) is 2.71. The summed E-state index contributed by atoms with van der Waals surface area (Å²) in [6.07, 6.45) is 0.231. The third-order valence-electron chi connectivity index (χ3n) is 2.36. The van der Waals surface area contributed by atoms with E-state index in [2.05, 4.69) is 17.4 Å². The van der Waals surface area contributed by atoms with Crippen LogP contribution in [-0.4, -0.2) is 19.8 Å². The molecule has 0 amide bonds. The van der Waals surface area contributed by atoms with Crippen molar-refractivity contribution in [2.24, 2.45) is 0 Å². The van der Waals surface area contributed by atoms with Crippen LogP contribution in [0.4, 0.5) is 0 Å². The molecule has 0 bridgehead atoms. The van der Waals surface area contributed by atoms with Crippen molar-refractivity contribution < 1.29 is 4.74 Å². The van der Waals surface area contributed by atoms with Gasteiger partial charge in [-0.25, -0.2) is 0 Å². The zero-order valence-electron chi connectivity index (χ0n) is 9.51. The van der Waals surface area contributed by atoms with Crippen LogP contribution in [0.1, 0.15) is 18.1 Å². The van der Waals surface area contributed by atoms with E-state index in [-0.39, 0.29) is 6.10 Å². The van der Waals surface area contributed by atoms with Crippen LogP contribution >= 0.6 is 11.6 Å². The summed E-state index contributed by atoms with van der Waals surface area (Å²) >= 11 is 6.11. The summed E-state index contributed by atoms with van der Waals surface area (Å²) in [6, 6.07) is 6.11. The van der Waals surface area contributed by atoms with Crippen molar-refractivity contribution in [1.82, 2.24) is 5.32 Å². The van der Waals surface area contributed by atoms with Gasteiger partial charge in [0.2, 0.25) is 0 Å². The van der Waals surface area contributed by atoms with Crippen LogP contribution in [0, 0.1) is 6.92 Å². The number of ether oxygens (including phenoxy) is 1. The van der Waals surface area contributed by atoms with Gasteiger partial charge in [0.25, 0.3) is 0 Å². The molecule has 3 heteroatoms. The van der Waals surface area contributed by atoms with E-state index in [1.165, 1.54) is 5.56 Å². The second kappa shape index (κ2) is 6.11. The molecule has 15 heavy (non-hydrogen) atoms. The SMILES string of the molecule is COC(C)CNCc1ccc(C)cc1Cl. The van der Waals surface area contributed by atoms with Crippen LogP contribution in [0.25, 0.3) is 0 Å². The maximum absolute atomic E-state index is 6.11. The van der Waals surface area contributed by atoms with Crippen LogP contribution in [-0.2, 0) is 11.3 Å². The molecule has 0 aliphatic heterocycles. The number of aryl methyl sites for hydroxylation is 1. The molecule has 0 saturated carbocycles. The van der Waals surface area contributed by atoms with E-state index in [1.54, 1.807) is 7.11 Å². The first-order chi connectivity index (χ1) is 7.13. The Labute approximate surface area is 96.6 Å². The molecule has 84 valence electrons. The molecule has 1 unspecified atom stereocenters. The maximum Gasteiger partial charge on any atom is 0.0667 e. The quantitative estimate of drug-likeness (QED) is 0.835. The number of nitrogens with one attached hydrogen (secondary N) is 1. The molecule has 1 aromatic rings. The van der Waals surface area contributed by atoms with Gasteiger partial charge in [-0.1, -0.05) is 23.7 Å². The molecular weight excluding hydrogens is 210 g/mol. The highest BCUT2D eigenvalue weighted by atomic mass is 35.5. The molecule has 0 radical (unpaired) electrons. The average molecular weight is 228 g/mol. The van der Waals surface area contributed by atoms with Crippen molar-refractivity contribution in [1.29, 1.82) is 0 Å². The minimum atomic E-state index is 0.231. The summed E-state index contributed by atoms with van der Waals surface area (Å²) in [5.41, 5.74) is 2.32. The molecule has 1 atom stereocenters. The molecule has 0 aliphatic rings. The smallest absolute Gasteiger partial charge is 0.0667 e. The first kappa shape index (κ1) is 12.5. The van der Waals surface area contributed by atoms with Gasteiger partial charge in [-0.05, 0) is 31.0 Å². The van der Waals surface area contributed by atoms with Gasteiger partial charge < -0.3 is 10.1 Å². The second-order valence-corrected chi connectivity index (χ2v) is 4.18. The summed E-state index contributed by atoms with van der Waals surface area (Å²) < 4.78 is 5.14. The minimum Gasteiger partial charge on any atom is -0.380 e. The normalized spacial score (nSPS) is 12.8. The lowest BCUT2D eigenvalue weighted by molar-refractivity contribution is 0.117. The van der Waals surface area contributed by atoms with Crippen molar-refractivity contribution >= 4 is 11.6 Å². The fraction of sp³-hybridized carbons (Fsp3) is 0.500. The molecule has 2 nitrogen and oxygen atoms in total. The Bertz CT molecular complexity index is 314. The topological polar surface area (TPSA) is 21.3 Å². The van der Waals surface area contributed by atoms with Gasteiger partial charge in [-0.15, -0.1) is 0 Å². The van der Waals surface area contributed by atoms with E-state index in [1.807, 2.05) is 19.9 Å². The van der Waals surface area contributed by atoms with Crippen molar-refractivity contribution in [3.8, 4) is 0 Å². The van der Waals surface area contributed by atoms with E-state index >= 15 is 0 Å². The highest BCUT2D eigenvalue weighted by Crippen LogP contribution is 2.17. The number of methoxy groups -OCH3 is 1. The number of benzene rings is 1. The predicted octanol–water partition coefficient (Wildman–Crippen LogP) is 2.77. The summed E-state index contributed by atoms with van der Waals surface area (Å²) in [5.74, 6) is 0. The van der Waals surface area contributed by atoms with Gasteiger partial charge in [0, 0.05) is 25.2 Å². The Morgan fingerprint density at radius 1 is 1.47 bits per heavy atom. The average Bonchev–Trinajstić information content (AvgIpc) is 2.21. The van der Waals surface area contributed by atoms with Crippen molar-refractivity contribution in [3.63, 3.8) is 0 Å². The zero-order chi connectivity index (χ0) is 11.3. The molecule has 1 aromatic carbocycles. The molecule has 1 N–H and O–H groups in total. The molecule has 0 saturated heterocycles. The molecular formula is C12H18ClNO. The van der Waals surface area contributed by atoms with Crippen LogP contribution in [0.5, 0.6) is 0 Å². The van der Waals surface area contributed by atoms with E-state index < -0.39 is 0 Å². The number of hydrogen-bond acceptors (Lipinski definition) is 2. The second-order valence-electron chi connectivity index (χ2n) is 3.77. The van der Waals surface area contributed by atoms with Gasteiger partial charge in [0.15, 0.2) is 0 Å². The standard InChI is InChI=1S/C12H18ClNO/c1-9-4-5-11(12(13)6-9)8-14-7-10(2)15-3/h4-6,10,14H,7-8H2,1-3H3. The van der Waals surface area contributed by atoms with E-state index in [0.717, 1.165) is 23.7 Å². The lowest BCUT2D eigenvalue weighted by Crippen LogP contribution is -2.25. The summed E-state index contributed by atoms with van der Waals surface area (Å²) in [7, 11) is 1.71. The summed E-state index contributed by atoms with van der Waals surface area (Å²) in [4.78, 5) is 0. The number of rotatable bonds is 5. The molecule has 1 rings (SSSR count). The maximum atomic E-state index is 6.11. The van der Waals surface area contributed by atoms with Gasteiger partial charge in [0.1, 0.15) is 0 Å². The lowest BCUT2D eigenvalue weighted by atomic mass is 10.1. The first-order valence-corrected chi connectivity index (χ1v) is 5.50. The van der Waals surface area contributed by atoms with Crippen LogP contribution < -0.4 is 5.32 Å². The highest BCUT2D eigenvalue weighted by molar-refractivity contribution is 6.31. The van der Waals surface area contributed by atoms with Crippen molar-refractivity contribution in [3.05, 3.63) is 34.3 Å². The van der Waals surface area contributed by atoms with Gasteiger partial charge in [0.05, 0.1) is 6.10 Å². The molecule has 0 aromatic heterocycles. The van der Waals surface area contributed by atoms with Crippen LogP contribution in [0.2, 0.25) is 5.02 Å². The Balaban J connectivity index is 2.44. The fourth-order valence-corrected chi connectivity index (χ4v) is 1.59. The van der Waals surface area contributed by atoms with E-state index in [4.69, 9.17) is 16.3 Å². The zero-order valence-corrected chi connectivity index (χ0v) is 10.3. The molecule has 0 spiro atoms. The monoisotopic (exact) mass is 227 g/mol. The summed E-state index contributed by atoms with van der Waals surface area (Å²) in [5, 5.41) is 4.13. The predicted molar refractivity (Wildman–Crippen MR) is 64.4 cm³/mol. The number of hydrogen-bond donors (Lipinski definition) is 1. The Morgan fingerprint density at radius 2 is 2.20 bits per heavy atom. The summed E-state index contributed by atoms with van der Waals surface area (Å²) in [6.45, 7) is 5.69. The van der Waals surface area contributed by atoms with E-state index in [0.29, 0.717) is 0 Å². The fourth-order valence-electron chi connectivity index (χ4n) is 1.29. The van der Waals surface area contributed by atoms with Gasteiger partial charge in [-0.3, -0.25) is 0 Å². The van der Waals surface area contributed by atoms with Crippen molar-refractivity contribution in [2.75, 3.05) is 13.7 Å². The highest BCUT2D eigenvalue weighted by Gasteiger charge is 2.02. The lowest BCUT2D eigenvalue weighted by Gasteiger charge is -2.11. The molecule has 0 fully saturated rings. The largest absolute Gasteiger partial charge is 0.380 e. The van der Waals surface area contributed by atoms with Crippen molar-refractivity contribution in [2.45, 2.75) is 26.5 Å². The third kappa shape index (κ3) is 4.20. The van der Waals surface area contributed by atoms with Crippen LogP contribution in [0.15, 0.2) is 18.2 Å². The first-order valence-electron chi connectivity index (χ1n) is 5.12. The van der Waals surface area contributed by atoms with Gasteiger partial charge in [-0.2, -0.15) is 0 Å². The number of halogens is 1. The Hall–Kier alpha value is -0.570. The van der Waals surface area contributed by atoms with E-state index in [9.17, 15) is 0 Å².